The highest BCUT2D eigenvalue weighted by Gasteiger charge is 2.20. The number of nitrogens with one attached hydrogen (secondary N) is 1. The molecule has 0 spiro atoms. The number of carbonyl (C=O) groups excluding carboxylic acids is 1. The summed E-state index contributed by atoms with van der Waals surface area (Å²) in [6.07, 6.45) is 3.56. The monoisotopic (exact) mass is 325 g/mol. The summed E-state index contributed by atoms with van der Waals surface area (Å²) in [5.74, 6) is 0.467. The van der Waals surface area contributed by atoms with E-state index < -0.39 is 0 Å². The first kappa shape index (κ1) is 14.5. The number of aliphatic hydroxyl groups excluding tert-OH is 1. The fourth-order valence-corrected chi connectivity index (χ4v) is 3.16. The lowest BCUT2D eigenvalue weighted by Crippen LogP contribution is -2.32. The Hall–Kier alpha value is -0.870. The molecule has 1 aromatic rings. The zero-order valence-corrected chi connectivity index (χ0v) is 12.7. The Morgan fingerprint density at radius 2 is 2.05 bits per heavy atom. The van der Waals surface area contributed by atoms with E-state index in [9.17, 15) is 9.90 Å². The molecule has 0 atom stereocenters. The Balaban J connectivity index is 1.87. The van der Waals surface area contributed by atoms with Crippen LogP contribution in [0.25, 0.3) is 0 Å². The van der Waals surface area contributed by atoms with Crippen LogP contribution in [-0.4, -0.2) is 23.7 Å². The largest absolute Gasteiger partial charge is 0.393 e. The molecule has 0 aliphatic heterocycles. The van der Waals surface area contributed by atoms with E-state index in [0.29, 0.717) is 18.0 Å². The standard InChI is InChI=1S/C15H20BrNO2/c1-10-2-7-13(14(16)8-10)15(19)17-9-11-3-5-12(18)6-4-11/h2,7-8,11-12,18H,3-6,9H2,1H3,(H,17,19). The summed E-state index contributed by atoms with van der Waals surface area (Å²) in [5.41, 5.74) is 1.81. The molecule has 1 aromatic carbocycles. The molecule has 1 amide bonds. The molecule has 1 saturated carbocycles. The summed E-state index contributed by atoms with van der Waals surface area (Å²) in [6, 6.07) is 5.74. The first-order valence-electron chi connectivity index (χ1n) is 6.78. The number of halogens is 1. The molecule has 104 valence electrons. The van der Waals surface area contributed by atoms with Crippen molar-refractivity contribution in [3.8, 4) is 0 Å². The van der Waals surface area contributed by atoms with Crippen LogP contribution in [0.3, 0.4) is 0 Å². The highest BCUT2D eigenvalue weighted by Crippen LogP contribution is 2.24. The molecule has 2 N–H and O–H groups in total. The molecule has 1 aliphatic rings. The highest BCUT2D eigenvalue weighted by molar-refractivity contribution is 9.10. The molecule has 0 bridgehead atoms. The first-order valence-corrected chi connectivity index (χ1v) is 7.58. The molecule has 2 rings (SSSR count). The predicted molar refractivity (Wildman–Crippen MR) is 79.2 cm³/mol. The Labute approximate surface area is 122 Å². The average Bonchev–Trinajstić information content (AvgIpc) is 2.37. The van der Waals surface area contributed by atoms with Crippen LogP contribution in [0, 0.1) is 12.8 Å². The number of aliphatic hydroxyl groups is 1. The van der Waals surface area contributed by atoms with Gasteiger partial charge in [-0.05, 0) is 72.2 Å². The van der Waals surface area contributed by atoms with Gasteiger partial charge in [0.1, 0.15) is 0 Å². The molecule has 19 heavy (non-hydrogen) atoms. The smallest absolute Gasteiger partial charge is 0.252 e. The lowest BCUT2D eigenvalue weighted by molar-refractivity contribution is 0.0909. The molecule has 0 radical (unpaired) electrons. The number of carbonyl (C=O) groups is 1. The quantitative estimate of drug-likeness (QED) is 0.897. The summed E-state index contributed by atoms with van der Waals surface area (Å²) in [6.45, 7) is 2.70. The molecule has 4 heteroatoms. The van der Waals surface area contributed by atoms with Gasteiger partial charge in [0.2, 0.25) is 0 Å². The van der Waals surface area contributed by atoms with Crippen molar-refractivity contribution >= 4 is 21.8 Å². The third kappa shape index (κ3) is 4.05. The maximum absolute atomic E-state index is 12.1. The van der Waals surface area contributed by atoms with Gasteiger partial charge in [-0.1, -0.05) is 6.07 Å². The van der Waals surface area contributed by atoms with Crippen LogP contribution < -0.4 is 5.32 Å². The van der Waals surface area contributed by atoms with Gasteiger partial charge in [-0.3, -0.25) is 4.79 Å². The van der Waals surface area contributed by atoms with Gasteiger partial charge in [0.15, 0.2) is 0 Å². The van der Waals surface area contributed by atoms with Gasteiger partial charge in [0.05, 0.1) is 11.7 Å². The van der Waals surface area contributed by atoms with Crippen molar-refractivity contribution in [2.75, 3.05) is 6.54 Å². The molecule has 0 unspecified atom stereocenters. The maximum atomic E-state index is 12.1. The van der Waals surface area contributed by atoms with Crippen LogP contribution in [-0.2, 0) is 0 Å². The van der Waals surface area contributed by atoms with Crippen LogP contribution in [0.5, 0.6) is 0 Å². The molecule has 0 aromatic heterocycles. The van der Waals surface area contributed by atoms with Crippen molar-refractivity contribution in [2.24, 2.45) is 5.92 Å². The summed E-state index contributed by atoms with van der Waals surface area (Å²) in [4.78, 5) is 12.1. The molecule has 1 aliphatic carbocycles. The highest BCUT2D eigenvalue weighted by atomic mass is 79.9. The second-order valence-electron chi connectivity index (χ2n) is 5.37. The van der Waals surface area contributed by atoms with E-state index in [1.54, 1.807) is 0 Å². The minimum atomic E-state index is -0.141. The Kier molecular flexibility index (Phi) is 4.99. The number of amides is 1. The summed E-state index contributed by atoms with van der Waals surface area (Å²) < 4.78 is 0.837. The Bertz CT molecular complexity index is 453. The van der Waals surface area contributed by atoms with Crippen molar-refractivity contribution in [2.45, 2.75) is 38.7 Å². The molecule has 0 saturated heterocycles. The second kappa shape index (κ2) is 6.53. The van der Waals surface area contributed by atoms with E-state index in [-0.39, 0.29) is 12.0 Å². The maximum Gasteiger partial charge on any atom is 0.252 e. The normalized spacial score (nSPS) is 23.1. The number of rotatable bonds is 3. The van der Waals surface area contributed by atoms with E-state index in [2.05, 4.69) is 21.2 Å². The second-order valence-corrected chi connectivity index (χ2v) is 6.22. The van der Waals surface area contributed by atoms with Gasteiger partial charge < -0.3 is 10.4 Å². The lowest BCUT2D eigenvalue weighted by atomic mass is 9.87. The third-order valence-electron chi connectivity index (χ3n) is 3.74. The van der Waals surface area contributed by atoms with Gasteiger partial charge in [-0.15, -0.1) is 0 Å². The van der Waals surface area contributed by atoms with Crippen LogP contribution in [0.4, 0.5) is 0 Å². The topological polar surface area (TPSA) is 49.3 Å². The summed E-state index contributed by atoms with van der Waals surface area (Å²) in [5, 5.41) is 12.4. The van der Waals surface area contributed by atoms with Gasteiger partial charge >= 0.3 is 0 Å². The molecular formula is C15H20BrNO2. The first-order chi connectivity index (χ1) is 9.06. The van der Waals surface area contributed by atoms with Gasteiger partial charge in [-0.2, -0.15) is 0 Å². The van der Waals surface area contributed by atoms with Gasteiger partial charge in [0.25, 0.3) is 5.91 Å². The number of aryl methyl sites for hydroxylation is 1. The SMILES string of the molecule is Cc1ccc(C(=O)NCC2CCC(O)CC2)c(Br)c1. The molecule has 1 fully saturated rings. The van der Waals surface area contributed by atoms with E-state index in [4.69, 9.17) is 0 Å². The minimum absolute atomic E-state index is 0.0296. The zero-order valence-electron chi connectivity index (χ0n) is 11.2. The van der Waals surface area contributed by atoms with Crippen molar-refractivity contribution in [3.05, 3.63) is 33.8 Å². The van der Waals surface area contributed by atoms with Crippen LogP contribution in [0.2, 0.25) is 0 Å². The minimum Gasteiger partial charge on any atom is -0.393 e. The fourth-order valence-electron chi connectivity index (χ4n) is 2.49. The van der Waals surface area contributed by atoms with E-state index >= 15 is 0 Å². The zero-order chi connectivity index (χ0) is 13.8. The molecular weight excluding hydrogens is 306 g/mol. The lowest BCUT2D eigenvalue weighted by Gasteiger charge is -2.25. The number of hydrogen-bond acceptors (Lipinski definition) is 2. The summed E-state index contributed by atoms with van der Waals surface area (Å²) >= 11 is 3.43. The van der Waals surface area contributed by atoms with Crippen LogP contribution in [0.1, 0.15) is 41.6 Å². The average molecular weight is 326 g/mol. The fraction of sp³-hybridized carbons (Fsp3) is 0.533. The Morgan fingerprint density at radius 3 is 2.68 bits per heavy atom. The predicted octanol–water partition coefficient (Wildman–Crippen LogP) is 3.04. The van der Waals surface area contributed by atoms with Gasteiger partial charge in [0, 0.05) is 11.0 Å². The summed E-state index contributed by atoms with van der Waals surface area (Å²) in [7, 11) is 0. The van der Waals surface area contributed by atoms with E-state index in [1.807, 2.05) is 25.1 Å². The number of benzene rings is 1. The van der Waals surface area contributed by atoms with Crippen LogP contribution in [0.15, 0.2) is 22.7 Å². The Morgan fingerprint density at radius 1 is 1.37 bits per heavy atom. The molecule has 0 heterocycles. The molecule has 3 nitrogen and oxygen atoms in total. The van der Waals surface area contributed by atoms with E-state index in [0.717, 1.165) is 35.7 Å². The van der Waals surface area contributed by atoms with Crippen molar-refractivity contribution in [1.82, 2.24) is 5.32 Å². The third-order valence-corrected chi connectivity index (χ3v) is 4.39. The van der Waals surface area contributed by atoms with Gasteiger partial charge in [-0.25, -0.2) is 0 Å². The van der Waals surface area contributed by atoms with E-state index in [1.165, 1.54) is 0 Å². The van der Waals surface area contributed by atoms with Crippen molar-refractivity contribution in [3.63, 3.8) is 0 Å². The number of hydrogen-bond donors (Lipinski definition) is 2. The van der Waals surface area contributed by atoms with Crippen LogP contribution >= 0.6 is 15.9 Å². The van der Waals surface area contributed by atoms with Crippen molar-refractivity contribution in [1.29, 1.82) is 0 Å². The van der Waals surface area contributed by atoms with Crippen molar-refractivity contribution < 1.29 is 9.90 Å².